The number of hydrogen-bond donors (Lipinski definition) is 1. The minimum atomic E-state index is -0.330. The van der Waals surface area contributed by atoms with Crippen LogP contribution in [0.1, 0.15) is 30.4 Å². The summed E-state index contributed by atoms with van der Waals surface area (Å²) < 4.78 is 5.64. The molecule has 1 unspecified atom stereocenters. The summed E-state index contributed by atoms with van der Waals surface area (Å²) in [6.45, 7) is 4.10. The monoisotopic (exact) mass is 264 g/mol. The molecule has 1 aliphatic rings. The molecular formula is C14H20N2O3. The summed E-state index contributed by atoms with van der Waals surface area (Å²) in [4.78, 5) is 10.5. The standard InChI is InChI=1S/C14H20N2O3/c1-11-12(5-4-7-14(11)16(17)18)9-15-10-13-6-2-3-8-19-13/h4-5,7,13,15H,2-3,6,8-10H2,1H3. The molecule has 0 aromatic heterocycles. The number of rotatable bonds is 5. The molecule has 1 aliphatic heterocycles. The molecule has 0 amide bonds. The fourth-order valence-corrected chi connectivity index (χ4v) is 2.40. The first-order valence-corrected chi connectivity index (χ1v) is 6.73. The Balaban J connectivity index is 1.88. The number of benzene rings is 1. The van der Waals surface area contributed by atoms with E-state index < -0.39 is 0 Å². The van der Waals surface area contributed by atoms with E-state index in [0.717, 1.165) is 37.1 Å². The van der Waals surface area contributed by atoms with E-state index >= 15 is 0 Å². The first-order valence-electron chi connectivity index (χ1n) is 6.73. The van der Waals surface area contributed by atoms with Crippen LogP contribution in [0.5, 0.6) is 0 Å². The molecule has 1 aromatic carbocycles. The SMILES string of the molecule is Cc1c(CNCC2CCCCO2)cccc1[N+](=O)[O-]. The normalized spacial score (nSPS) is 19.3. The lowest BCUT2D eigenvalue weighted by molar-refractivity contribution is -0.385. The molecular weight excluding hydrogens is 244 g/mol. The molecule has 0 radical (unpaired) electrons. The molecule has 0 saturated carbocycles. The van der Waals surface area contributed by atoms with Gasteiger partial charge in [0, 0.05) is 31.3 Å². The minimum Gasteiger partial charge on any atom is -0.377 e. The van der Waals surface area contributed by atoms with Crippen LogP contribution in [-0.2, 0) is 11.3 Å². The van der Waals surface area contributed by atoms with Gasteiger partial charge in [-0.3, -0.25) is 10.1 Å². The van der Waals surface area contributed by atoms with Crippen LogP contribution >= 0.6 is 0 Å². The van der Waals surface area contributed by atoms with Crippen LogP contribution < -0.4 is 5.32 Å². The minimum absolute atomic E-state index is 0.188. The topological polar surface area (TPSA) is 64.4 Å². The molecule has 0 spiro atoms. The molecule has 5 heteroatoms. The Hall–Kier alpha value is -1.46. The average molecular weight is 264 g/mol. The molecule has 5 nitrogen and oxygen atoms in total. The van der Waals surface area contributed by atoms with Gasteiger partial charge in [-0.25, -0.2) is 0 Å². The molecule has 19 heavy (non-hydrogen) atoms. The molecule has 1 aromatic rings. The summed E-state index contributed by atoms with van der Waals surface area (Å²) >= 11 is 0. The molecule has 0 aliphatic carbocycles. The second-order valence-electron chi connectivity index (χ2n) is 4.94. The fraction of sp³-hybridized carbons (Fsp3) is 0.571. The molecule has 104 valence electrons. The van der Waals surface area contributed by atoms with E-state index in [4.69, 9.17) is 4.74 Å². The lowest BCUT2D eigenvalue weighted by Crippen LogP contribution is -2.31. The molecule has 1 heterocycles. The smallest absolute Gasteiger partial charge is 0.272 e. The number of ether oxygens (including phenoxy) is 1. The highest BCUT2D eigenvalue weighted by Crippen LogP contribution is 2.21. The molecule has 1 fully saturated rings. The third kappa shape index (κ3) is 3.75. The van der Waals surface area contributed by atoms with Gasteiger partial charge in [-0.15, -0.1) is 0 Å². The Kier molecular flexibility index (Phi) is 4.87. The molecule has 1 N–H and O–H groups in total. The van der Waals surface area contributed by atoms with E-state index in [1.165, 1.54) is 6.42 Å². The zero-order valence-corrected chi connectivity index (χ0v) is 11.2. The Bertz CT molecular complexity index is 442. The second-order valence-corrected chi connectivity index (χ2v) is 4.94. The largest absolute Gasteiger partial charge is 0.377 e. The van der Waals surface area contributed by atoms with Crippen LogP contribution in [0, 0.1) is 17.0 Å². The van der Waals surface area contributed by atoms with Crippen molar-refractivity contribution in [2.75, 3.05) is 13.2 Å². The summed E-state index contributed by atoms with van der Waals surface area (Å²) in [5, 5.41) is 14.2. The number of nitrogens with zero attached hydrogens (tertiary/aromatic N) is 1. The highest BCUT2D eigenvalue weighted by Gasteiger charge is 2.15. The molecule has 2 rings (SSSR count). The third-order valence-corrected chi connectivity index (χ3v) is 3.58. The molecule has 1 saturated heterocycles. The van der Waals surface area contributed by atoms with Gasteiger partial charge in [-0.2, -0.15) is 0 Å². The predicted octanol–water partition coefficient (Wildman–Crippen LogP) is 2.56. The van der Waals surface area contributed by atoms with Crippen LogP contribution in [-0.4, -0.2) is 24.2 Å². The van der Waals surface area contributed by atoms with E-state index in [2.05, 4.69) is 5.32 Å². The molecule has 0 bridgehead atoms. The van der Waals surface area contributed by atoms with E-state index in [-0.39, 0.29) is 16.7 Å². The van der Waals surface area contributed by atoms with Crippen molar-refractivity contribution in [2.24, 2.45) is 0 Å². The predicted molar refractivity (Wildman–Crippen MR) is 73.1 cm³/mol. The number of nitro groups is 1. The Morgan fingerprint density at radius 3 is 3.00 bits per heavy atom. The highest BCUT2D eigenvalue weighted by atomic mass is 16.6. The zero-order chi connectivity index (χ0) is 13.7. The van der Waals surface area contributed by atoms with E-state index in [1.54, 1.807) is 19.1 Å². The lowest BCUT2D eigenvalue weighted by Gasteiger charge is -2.23. The van der Waals surface area contributed by atoms with Crippen molar-refractivity contribution in [1.29, 1.82) is 0 Å². The van der Waals surface area contributed by atoms with Crippen LogP contribution in [0.25, 0.3) is 0 Å². The maximum Gasteiger partial charge on any atom is 0.272 e. The van der Waals surface area contributed by atoms with Gasteiger partial charge in [0.05, 0.1) is 11.0 Å². The summed E-state index contributed by atoms with van der Waals surface area (Å²) in [5.74, 6) is 0. The Morgan fingerprint density at radius 1 is 1.47 bits per heavy atom. The van der Waals surface area contributed by atoms with Gasteiger partial charge in [0.2, 0.25) is 0 Å². The maximum atomic E-state index is 10.9. The quantitative estimate of drug-likeness (QED) is 0.655. The van der Waals surface area contributed by atoms with E-state index in [9.17, 15) is 10.1 Å². The third-order valence-electron chi connectivity index (χ3n) is 3.58. The molecule has 1 atom stereocenters. The first kappa shape index (κ1) is 14.0. The Morgan fingerprint density at radius 2 is 2.32 bits per heavy atom. The second kappa shape index (κ2) is 6.63. The van der Waals surface area contributed by atoms with Crippen molar-refractivity contribution in [3.63, 3.8) is 0 Å². The van der Waals surface area contributed by atoms with Gasteiger partial charge in [0.25, 0.3) is 5.69 Å². The van der Waals surface area contributed by atoms with Crippen LogP contribution in [0.4, 0.5) is 5.69 Å². The first-order chi connectivity index (χ1) is 9.18. The van der Waals surface area contributed by atoms with Gasteiger partial charge in [0.15, 0.2) is 0 Å². The summed E-state index contributed by atoms with van der Waals surface area (Å²) in [7, 11) is 0. The van der Waals surface area contributed by atoms with Crippen molar-refractivity contribution in [1.82, 2.24) is 5.32 Å². The highest BCUT2D eigenvalue weighted by molar-refractivity contribution is 5.44. The van der Waals surface area contributed by atoms with Crippen molar-refractivity contribution < 1.29 is 9.66 Å². The zero-order valence-electron chi connectivity index (χ0n) is 11.2. The van der Waals surface area contributed by atoms with Gasteiger partial charge < -0.3 is 10.1 Å². The van der Waals surface area contributed by atoms with E-state index in [1.807, 2.05) is 6.07 Å². The Labute approximate surface area is 113 Å². The van der Waals surface area contributed by atoms with Crippen LogP contribution in [0.3, 0.4) is 0 Å². The average Bonchev–Trinajstić information content (AvgIpc) is 2.41. The van der Waals surface area contributed by atoms with Crippen LogP contribution in [0.15, 0.2) is 18.2 Å². The number of nitrogens with one attached hydrogen (secondary N) is 1. The number of hydrogen-bond acceptors (Lipinski definition) is 4. The van der Waals surface area contributed by atoms with Gasteiger partial charge >= 0.3 is 0 Å². The van der Waals surface area contributed by atoms with Crippen molar-refractivity contribution in [3.8, 4) is 0 Å². The van der Waals surface area contributed by atoms with Crippen molar-refractivity contribution >= 4 is 5.69 Å². The summed E-state index contributed by atoms with van der Waals surface area (Å²) in [6.07, 6.45) is 3.76. The van der Waals surface area contributed by atoms with Gasteiger partial charge in [-0.1, -0.05) is 12.1 Å². The van der Waals surface area contributed by atoms with Gasteiger partial charge in [-0.05, 0) is 31.7 Å². The number of nitro benzene ring substituents is 1. The summed E-state index contributed by atoms with van der Waals surface area (Å²) in [5.41, 5.74) is 1.91. The van der Waals surface area contributed by atoms with Gasteiger partial charge in [0.1, 0.15) is 0 Å². The lowest BCUT2D eigenvalue weighted by atomic mass is 10.1. The fourth-order valence-electron chi connectivity index (χ4n) is 2.40. The van der Waals surface area contributed by atoms with E-state index in [0.29, 0.717) is 6.54 Å². The van der Waals surface area contributed by atoms with Crippen molar-refractivity contribution in [2.45, 2.75) is 38.8 Å². The summed E-state index contributed by atoms with van der Waals surface area (Å²) in [6, 6.07) is 5.21. The van der Waals surface area contributed by atoms with Crippen LogP contribution in [0.2, 0.25) is 0 Å². The maximum absolute atomic E-state index is 10.9. The van der Waals surface area contributed by atoms with Crippen molar-refractivity contribution in [3.05, 3.63) is 39.4 Å².